The van der Waals surface area contributed by atoms with Crippen molar-refractivity contribution < 1.29 is 5.21 Å². The SMILES string of the molecule is ON=C(C=Cc1ccccc1)c1ccccc1. The summed E-state index contributed by atoms with van der Waals surface area (Å²) in [4.78, 5) is 0. The van der Waals surface area contributed by atoms with Gasteiger partial charge in [0.15, 0.2) is 0 Å². The molecular formula is C15H13NO. The van der Waals surface area contributed by atoms with Gasteiger partial charge >= 0.3 is 0 Å². The van der Waals surface area contributed by atoms with E-state index < -0.39 is 0 Å². The van der Waals surface area contributed by atoms with Crippen molar-refractivity contribution in [2.24, 2.45) is 5.16 Å². The second kappa shape index (κ2) is 5.66. The molecule has 0 aromatic heterocycles. The van der Waals surface area contributed by atoms with Gasteiger partial charge in [-0.1, -0.05) is 71.9 Å². The van der Waals surface area contributed by atoms with Gasteiger partial charge in [0, 0.05) is 5.56 Å². The molecule has 2 aromatic rings. The lowest BCUT2D eigenvalue weighted by molar-refractivity contribution is 0.320. The summed E-state index contributed by atoms with van der Waals surface area (Å²) in [7, 11) is 0. The van der Waals surface area contributed by atoms with Crippen molar-refractivity contribution in [3.63, 3.8) is 0 Å². The molecule has 84 valence electrons. The van der Waals surface area contributed by atoms with Gasteiger partial charge in [-0.2, -0.15) is 0 Å². The standard InChI is InChI=1S/C15H13NO/c17-16-15(14-9-5-2-6-10-14)12-11-13-7-3-1-4-8-13/h1-12,17H. The first-order valence-electron chi connectivity index (χ1n) is 5.41. The Morgan fingerprint density at radius 3 is 2.06 bits per heavy atom. The third-order valence-corrected chi connectivity index (χ3v) is 2.41. The quantitative estimate of drug-likeness (QED) is 0.481. The first-order chi connectivity index (χ1) is 8.40. The number of hydrogen-bond donors (Lipinski definition) is 1. The Morgan fingerprint density at radius 2 is 1.47 bits per heavy atom. The highest BCUT2D eigenvalue weighted by Crippen LogP contribution is 2.06. The highest BCUT2D eigenvalue weighted by atomic mass is 16.4. The maximum Gasteiger partial charge on any atom is 0.109 e. The molecule has 0 heterocycles. The van der Waals surface area contributed by atoms with Crippen LogP contribution in [0, 0.1) is 0 Å². The Kier molecular flexibility index (Phi) is 3.71. The van der Waals surface area contributed by atoms with E-state index >= 15 is 0 Å². The number of oxime groups is 1. The Morgan fingerprint density at radius 1 is 0.882 bits per heavy atom. The molecular weight excluding hydrogens is 210 g/mol. The van der Waals surface area contributed by atoms with Crippen LogP contribution >= 0.6 is 0 Å². The molecule has 0 spiro atoms. The minimum atomic E-state index is 0.550. The fourth-order valence-electron chi connectivity index (χ4n) is 1.54. The fourth-order valence-corrected chi connectivity index (χ4v) is 1.54. The maximum atomic E-state index is 8.99. The highest BCUT2D eigenvalue weighted by Gasteiger charge is 1.98. The monoisotopic (exact) mass is 223 g/mol. The Balaban J connectivity index is 2.20. The molecule has 0 saturated heterocycles. The zero-order valence-electron chi connectivity index (χ0n) is 9.32. The summed E-state index contributed by atoms with van der Waals surface area (Å²) in [5.41, 5.74) is 2.52. The Bertz CT molecular complexity index is 515. The lowest BCUT2D eigenvalue weighted by Gasteiger charge is -1.98. The molecule has 2 rings (SSSR count). The molecule has 0 amide bonds. The van der Waals surface area contributed by atoms with Gasteiger partial charge in [0.1, 0.15) is 5.71 Å². The van der Waals surface area contributed by atoms with E-state index in [9.17, 15) is 0 Å². The van der Waals surface area contributed by atoms with Crippen molar-refractivity contribution in [2.75, 3.05) is 0 Å². The molecule has 2 nitrogen and oxygen atoms in total. The van der Waals surface area contributed by atoms with Gasteiger partial charge in [0.2, 0.25) is 0 Å². The van der Waals surface area contributed by atoms with E-state index in [4.69, 9.17) is 5.21 Å². The largest absolute Gasteiger partial charge is 0.410 e. The summed E-state index contributed by atoms with van der Waals surface area (Å²) in [6.07, 6.45) is 3.72. The topological polar surface area (TPSA) is 32.6 Å². The van der Waals surface area contributed by atoms with Crippen LogP contribution in [0.25, 0.3) is 6.08 Å². The summed E-state index contributed by atoms with van der Waals surface area (Å²) < 4.78 is 0. The van der Waals surface area contributed by atoms with Crippen LogP contribution in [-0.2, 0) is 0 Å². The number of rotatable bonds is 3. The van der Waals surface area contributed by atoms with Crippen LogP contribution in [0.1, 0.15) is 11.1 Å². The predicted octanol–water partition coefficient (Wildman–Crippen LogP) is 3.58. The van der Waals surface area contributed by atoms with Gasteiger partial charge in [-0.3, -0.25) is 0 Å². The number of benzene rings is 2. The lowest BCUT2D eigenvalue weighted by Crippen LogP contribution is -1.95. The minimum Gasteiger partial charge on any atom is -0.410 e. The van der Waals surface area contributed by atoms with Crippen molar-refractivity contribution in [3.8, 4) is 0 Å². The molecule has 0 unspecified atom stereocenters. The Hall–Kier alpha value is -2.35. The summed E-state index contributed by atoms with van der Waals surface area (Å²) in [5, 5.41) is 12.3. The third kappa shape index (κ3) is 3.05. The van der Waals surface area contributed by atoms with E-state index in [0.717, 1.165) is 11.1 Å². The Labute approximate surface area is 101 Å². The normalized spacial score (nSPS) is 11.9. The van der Waals surface area contributed by atoms with Gasteiger partial charge in [0.25, 0.3) is 0 Å². The van der Waals surface area contributed by atoms with Crippen LogP contribution in [0.4, 0.5) is 0 Å². The van der Waals surface area contributed by atoms with E-state index in [1.807, 2.05) is 66.7 Å². The molecule has 1 N–H and O–H groups in total. The highest BCUT2D eigenvalue weighted by molar-refractivity contribution is 6.10. The zero-order chi connectivity index (χ0) is 11.9. The molecule has 0 fully saturated rings. The molecule has 0 aliphatic rings. The number of nitrogens with zero attached hydrogens (tertiary/aromatic N) is 1. The first kappa shape index (κ1) is 11.1. The predicted molar refractivity (Wildman–Crippen MR) is 70.2 cm³/mol. The summed E-state index contributed by atoms with van der Waals surface area (Å²) >= 11 is 0. The maximum absolute atomic E-state index is 8.99. The smallest absolute Gasteiger partial charge is 0.109 e. The number of allylic oxidation sites excluding steroid dienone is 1. The van der Waals surface area contributed by atoms with E-state index in [1.165, 1.54) is 0 Å². The van der Waals surface area contributed by atoms with Crippen molar-refractivity contribution in [2.45, 2.75) is 0 Å². The van der Waals surface area contributed by atoms with Crippen molar-refractivity contribution >= 4 is 11.8 Å². The molecule has 0 saturated carbocycles. The minimum absolute atomic E-state index is 0.550. The van der Waals surface area contributed by atoms with Crippen molar-refractivity contribution in [1.82, 2.24) is 0 Å². The molecule has 0 bridgehead atoms. The van der Waals surface area contributed by atoms with E-state index in [1.54, 1.807) is 6.08 Å². The van der Waals surface area contributed by atoms with E-state index in [0.29, 0.717) is 5.71 Å². The lowest BCUT2D eigenvalue weighted by atomic mass is 10.1. The van der Waals surface area contributed by atoms with Crippen LogP contribution in [0.15, 0.2) is 71.9 Å². The van der Waals surface area contributed by atoms with Crippen LogP contribution in [0.5, 0.6) is 0 Å². The average Bonchev–Trinajstić information content (AvgIpc) is 2.42. The molecule has 2 heteroatoms. The summed E-state index contributed by atoms with van der Waals surface area (Å²) in [5.74, 6) is 0. The van der Waals surface area contributed by atoms with Crippen LogP contribution in [0.3, 0.4) is 0 Å². The van der Waals surface area contributed by atoms with E-state index in [-0.39, 0.29) is 0 Å². The molecule has 17 heavy (non-hydrogen) atoms. The number of hydrogen-bond acceptors (Lipinski definition) is 2. The van der Waals surface area contributed by atoms with Crippen molar-refractivity contribution in [3.05, 3.63) is 77.9 Å². The molecule has 2 aromatic carbocycles. The van der Waals surface area contributed by atoms with Gasteiger partial charge in [-0.25, -0.2) is 0 Å². The van der Waals surface area contributed by atoms with Gasteiger partial charge in [-0.05, 0) is 11.6 Å². The van der Waals surface area contributed by atoms with Gasteiger partial charge < -0.3 is 5.21 Å². The molecule has 0 aliphatic heterocycles. The van der Waals surface area contributed by atoms with Crippen LogP contribution in [-0.4, -0.2) is 10.9 Å². The zero-order valence-corrected chi connectivity index (χ0v) is 9.32. The first-order valence-corrected chi connectivity index (χ1v) is 5.41. The summed E-state index contributed by atoms with van der Waals surface area (Å²) in [6.45, 7) is 0. The van der Waals surface area contributed by atoms with Gasteiger partial charge in [-0.15, -0.1) is 0 Å². The average molecular weight is 223 g/mol. The van der Waals surface area contributed by atoms with Gasteiger partial charge in [0.05, 0.1) is 0 Å². The van der Waals surface area contributed by atoms with Crippen LogP contribution in [0.2, 0.25) is 0 Å². The molecule has 0 radical (unpaired) electrons. The third-order valence-electron chi connectivity index (χ3n) is 2.41. The second-order valence-electron chi connectivity index (χ2n) is 3.60. The molecule has 0 aliphatic carbocycles. The van der Waals surface area contributed by atoms with E-state index in [2.05, 4.69) is 5.16 Å². The summed E-state index contributed by atoms with van der Waals surface area (Å²) in [6, 6.07) is 19.5. The second-order valence-corrected chi connectivity index (χ2v) is 3.60. The van der Waals surface area contributed by atoms with Crippen molar-refractivity contribution in [1.29, 1.82) is 0 Å². The molecule has 0 atom stereocenters. The van der Waals surface area contributed by atoms with Crippen LogP contribution < -0.4 is 0 Å². The fraction of sp³-hybridized carbons (Fsp3) is 0.